The van der Waals surface area contributed by atoms with Gasteiger partial charge in [0.25, 0.3) is 5.91 Å². The average Bonchev–Trinajstić information content (AvgIpc) is 2.84. The molecule has 0 spiro atoms. The molecule has 0 aliphatic rings. The van der Waals surface area contributed by atoms with E-state index in [1.165, 1.54) is 12.4 Å². The van der Waals surface area contributed by atoms with Crippen molar-refractivity contribution >= 4 is 45.8 Å². The SMILES string of the molecule is O=C(Nc1cnc(Cl)nc1)c1nc2cc(Cl)ccc2[nH]1. The summed E-state index contributed by atoms with van der Waals surface area (Å²) in [6.07, 6.45) is 2.82. The molecule has 2 aromatic heterocycles. The minimum absolute atomic E-state index is 0.112. The molecule has 0 saturated carbocycles. The van der Waals surface area contributed by atoms with E-state index in [0.29, 0.717) is 16.2 Å². The second kappa shape index (κ2) is 5.07. The van der Waals surface area contributed by atoms with Gasteiger partial charge >= 0.3 is 0 Å². The van der Waals surface area contributed by atoms with Crippen molar-refractivity contribution in [3.8, 4) is 0 Å². The van der Waals surface area contributed by atoms with Crippen molar-refractivity contribution in [3.63, 3.8) is 0 Å². The normalized spacial score (nSPS) is 10.7. The molecule has 100 valence electrons. The summed E-state index contributed by atoms with van der Waals surface area (Å²) < 4.78 is 0. The number of fused-ring (bicyclic) bond motifs is 1. The van der Waals surface area contributed by atoms with Crippen LogP contribution < -0.4 is 5.32 Å². The minimum atomic E-state index is -0.400. The summed E-state index contributed by atoms with van der Waals surface area (Å²) >= 11 is 11.4. The molecule has 3 rings (SSSR count). The zero-order valence-electron chi connectivity index (χ0n) is 9.89. The van der Waals surface area contributed by atoms with Gasteiger partial charge in [-0.1, -0.05) is 11.6 Å². The number of rotatable bonds is 2. The van der Waals surface area contributed by atoms with Gasteiger partial charge in [0.15, 0.2) is 5.82 Å². The maximum absolute atomic E-state index is 12.0. The van der Waals surface area contributed by atoms with Gasteiger partial charge in [-0.25, -0.2) is 15.0 Å². The Bertz CT molecular complexity index is 784. The molecule has 0 bridgehead atoms. The molecule has 0 atom stereocenters. The van der Waals surface area contributed by atoms with Gasteiger partial charge in [-0.15, -0.1) is 0 Å². The molecular formula is C12H7Cl2N5O. The fourth-order valence-corrected chi connectivity index (χ4v) is 1.92. The second-order valence-electron chi connectivity index (χ2n) is 3.94. The Morgan fingerprint density at radius 1 is 1.20 bits per heavy atom. The van der Waals surface area contributed by atoms with Gasteiger partial charge in [0.2, 0.25) is 5.28 Å². The number of benzene rings is 1. The highest BCUT2D eigenvalue weighted by Gasteiger charge is 2.12. The monoisotopic (exact) mass is 307 g/mol. The van der Waals surface area contributed by atoms with Crippen LogP contribution in [0.5, 0.6) is 0 Å². The van der Waals surface area contributed by atoms with E-state index in [-0.39, 0.29) is 11.1 Å². The third-order valence-corrected chi connectivity index (χ3v) is 2.97. The van der Waals surface area contributed by atoms with E-state index in [1.54, 1.807) is 18.2 Å². The van der Waals surface area contributed by atoms with Crippen LogP contribution in [0.1, 0.15) is 10.6 Å². The summed E-state index contributed by atoms with van der Waals surface area (Å²) in [6, 6.07) is 5.15. The molecule has 6 nitrogen and oxygen atoms in total. The van der Waals surface area contributed by atoms with Crippen LogP contribution in [-0.2, 0) is 0 Å². The molecular weight excluding hydrogens is 301 g/mol. The standard InChI is InChI=1S/C12H7Cl2N5O/c13-6-1-2-8-9(3-6)19-10(18-8)11(20)17-7-4-15-12(14)16-5-7/h1-5H,(H,17,20)(H,18,19). The lowest BCUT2D eigenvalue weighted by Crippen LogP contribution is -2.13. The van der Waals surface area contributed by atoms with E-state index in [2.05, 4.69) is 25.3 Å². The lowest BCUT2D eigenvalue weighted by atomic mass is 10.3. The highest BCUT2D eigenvalue weighted by Crippen LogP contribution is 2.17. The first-order valence-electron chi connectivity index (χ1n) is 5.56. The molecule has 0 fully saturated rings. The Labute approximate surface area is 123 Å². The molecule has 3 aromatic rings. The minimum Gasteiger partial charge on any atom is -0.334 e. The predicted molar refractivity (Wildman–Crippen MR) is 76.1 cm³/mol. The number of hydrogen-bond donors (Lipinski definition) is 2. The Morgan fingerprint density at radius 2 is 1.95 bits per heavy atom. The van der Waals surface area contributed by atoms with Crippen LogP contribution in [0.25, 0.3) is 11.0 Å². The average molecular weight is 308 g/mol. The van der Waals surface area contributed by atoms with Gasteiger partial charge < -0.3 is 10.3 Å². The van der Waals surface area contributed by atoms with E-state index in [9.17, 15) is 4.79 Å². The molecule has 8 heteroatoms. The molecule has 0 aliphatic carbocycles. The van der Waals surface area contributed by atoms with E-state index in [1.807, 2.05) is 0 Å². The Morgan fingerprint density at radius 3 is 2.70 bits per heavy atom. The first-order valence-corrected chi connectivity index (χ1v) is 6.31. The molecule has 2 heterocycles. The summed E-state index contributed by atoms with van der Waals surface area (Å²) in [7, 11) is 0. The van der Waals surface area contributed by atoms with Crippen LogP contribution in [0, 0.1) is 0 Å². The van der Waals surface area contributed by atoms with Crippen molar-refractivity contribution in [1.29, 1.82) is 0 Å². The van der Waals surface area contributed by atoms with Gasteiger partial charge in [0.05, 0.1) is 29.1 Å². The first kappa shape index (κ1) is 12.8. The number of H-pyrrole nitrogens is 1. The van der Waals surface area contributed by atoms with E-state index >= 15 is 0 Å². The number of hydrogen-bond acceptors (Lipinski definition) is 4. The number of nitrogens with zero attached hydrogens (tertiary/aromatic N) is 3. The zero-order chi connectivity index (χ0) is 14.1. The number of carbonyl (C=O) groups excluding carboxylic acids is 1. The lowest BCUT2D eigenvalue weighted by molar-refractivity contribution is 0.101. The van der Waals surface area contributed by atoms with Crippen LogP contribution in [0.3, 0.4) is 0 Å². The smallest absolute Gasteiger partial charge is 0.291 e. The maximum atomic E-state index is 12.0. The lowest BCUT2D eigenvalue weighted by Gasteiger charge is -2.01. The molecule has 1 amide bonds. The fraction of sp³-hybridized carbons (Fsp3) is 0. The van der Waals surface area contributed by atoms with E-state index < -0.39 is 5.91 Å². The summed E-state index contributed by atoms with van der Waals surface area (Å²) in [5.74, 6) is -0.222. The predicted octanol–water partition coefficient (Wildman–Crippen LogP) is 2.91. The summed E-state index contributed by atoms with van der Waals surface area (Å²) in [5.41, 5.74) is 1.78. The van der Waals surface area contributed by atoms with Crippen LogP contribution in [0.4, 0.5) is 5.69 Å². The van der Waals surface area contributed by atoms with Gasteiger partial charge in [-0.05, 0) is 29.8 Å². The molecule has 20 heavy (non-hydrogen) atoms. The first-order chi connectivity index (χ1) is 9.61. The molecule has 0 unspecified atom stereocenters. The molecule has 0 saturated heterocycles. The number of aromatic nitrogens is 4. The Kier molecular flexibility index (Phi) is 3.25. The van der Waals surface area contributed by atoms with Crippen LogP contribution in [-0.4, -0.2) is 25.8 Å². The van der Waals surface area contributed by atoms with Gasteiger partial charge in [-0.2, -0.15) is 0 Å². The Hall–Kier alpha value is -2.18. The van der Waals surface area contributed by atoms with Crippen LogP contribution >= 0.6 is 23.2 Å². The van der Waals surface area contributed by atoms with E-state index in [0.717, 1.165) is 5.52 Å². The van der Waals surface area contributed by atoms with Gasteiger partial charge in [0, 0.05) is 5.02 Å². The van der Waals surface area contributed by atoms with Gasteiger partial charge in [-0.3, -0.25) is 4.79 Å². The molecule has 0 radical (unpaired) electrons. The largest absolute Gasteiger partial charge is 0.334 e. The number of imidazole rings is 1. The van der Waals surface area contributed by atoms with Crippen molar-refractivity contribution in [2.75, 3.05) is 5.32 Å². The van der Waals surface area contributed by atoms with Crippen molar-refractivity contribution in [2.45, 2.75) is 0 Å². The zero-order valence-corrected chi connectivity index (χ0v) is 11.4. The third kappa shape index (κ3) is 2.56. The van der Waals surface area contributed by atoms with Crippen LogP contribution in [0.15, 0.2) is 30.6 Å². The molecule has 2 N–H and O–H groups in total. The topological polar surface area (TPSA) is 83.6 Å². The number of carbonyl (C=O) groups is 1. The maximum Gasteiger partial charge on any atom is 0.291 e. The third-order valence-electron chi connectivity index (χ3n) is 2.54. The van der Waals surface area contributed by atoms with Crippen molar-refractivity contribution < 1.29 is 4.79 Å². The van der Waals surface area contributed by atoms with E-state index in [4.69, 9.17) is 23.2 Å². The number of amides is 1. The van der Waals surface area contributed by atoms with Gasteiger partial charge in [0.1, 0.15) is 0 Å². The van der Waals surface area contributed by atoms with Crippen molar-refractivity contribution in [3.05, 3.63) is 46.7 Å². The quantitative estimate of drug-likeness (QED) is 0.713. The summed E-state index contributed by atoms with van der Waals surface area (Å²) in [5, 5.41) is 3.28. The molecule has 0 aliphatic heterocycles. The Balaban J connectivity index is 1.86. The van der Waals surface area contributed by atoms with Crippen molar-refractivity contribution in [2.24, 2.45) is 0 Å². The highest BCUT2D eigenvalue weighted by atomic mass is 35.5. The molecule has 1 aromatic carbocycles. The second-order valence-corrected chi connectivity index (χ2v) is 4.72. The number of aromatic amines is 1. The number of nitrogens with one attached hydrogen (secondary N) is 2. The number of anilines is 1. The summed E-state index contributed by atoms with van der Waals surface area (Å²) in [6.45, 7) is 0. The summed E-state index contributed by atoms with van der Waals surface area (Å²) in [4.78, 5) is 26.6. The van der Waals surface area contributed by atoms with Crippen molar-refractivity contribution in [1.82, 2.24) is 19.9 Å². The highest BCUT2D eigenvalue weighted by molar-refractivity contribution is 6.31. The fourth-order valence-electron chi connectivity index (χ4n) is 1.65. The number of halogens is 2. The van der Waals surface area contributed by atoms with Crippen LogP contribution in [0.2, 0.25) is 10.3 Å².